The van der Waals surface area contributed by atoms with Crippen molar-refractivity contribution in [3.63, 3.8) is 0 Å². The molecule has 0 spiro atoms. The van der Waals surface area contributed by atoms with Crippen LogP contribution in [0.25, 0.3) is 11.3 Å². The van der Waals surface area contributed by atoms with Crippen LogP contribution in [0, 0.1) is 65.9 Å². The van der Waals surface area contributed by atoms with Gasteiger partial charge in [0.25, 0.3) is 0 Å². The maximum atomic E-state index is 13.2. The number of aromatic nitrogens is 1. The molecule has 0 unspecified atom stereocenters. The summed E-state index contributed by atoms with van der Waals surface area (Å²) in [5.41, 5.74) is 11.0. The second-order valence-corrected chi connectivity index (χ2v) is 9.48. The van der Waals surface area contributed by atoms with E-state index in [-0.39, 0.29) is 5.56 Å². The number of rotatable bonds is 3. The number of hydrogen-bond acceptors (Lipinski definition) is 3. The first kappa shape index (κ1) is 30.5. The van der Waals surface area contributed by atoms with E-state index in [0.29, 0.717) is 5.69 Å². The molecule has 2 heterocycles. The number of aryl methyl sites for hydroxylation is 6. The number of anilines is 2. The zero-order valence-corrected chi connectivity index (χ0v) is 26.0. The van der Waals surface area contributed by atoms with Gasteiger partial charge in [-0.2, -0.15) is 0 Å². The zero-order valence-electron chi connectivity index (χ0n) is 22.8. The van der Waals surface area contributed by atoms with E-state index >= 15 is 0 Å². The third-order valence-electron chi connectivity index (χ3n) is 6.20. The van der Waals surface area contributed by atoms with Gasteiger partial charge in [-0.05, 0) is 88.0 Å². The van der Waals surface area contributed by atoms with E-state index in [0.717, 1.165) is 12.1 Å². The van der Waals surface area contributed by atoms with Gasteiger partial charge in [-0.1, -0.05) is 59.2 Å². The first-order chi connectivity index (χ1) is 18.6. The summed E-state index contributed by atoms with van der Waals surface area (Å²) in [5, 5.41) is 0. The van der Waals surface area contributed by atoms with Gasteiger partial charge in [-0.25, -0.2) is 0 Å². The molecular weight excluding hydrogens is 692 g/mol. The molecule has 0 amide bonds. The van der Waals surface area contributed by atoms with E-state index in [1.807, 2.05) is 0 Å². The van der Waals surface area contributed by atoms with Gasteiger partial charge >= 0.3 is 27.5 Å². The van der Waals surface area contributed by atoms with Crippen LogP contribution in [0.3, 0.4) is 0 Å². The number of pyridine rings is 1. The molecule has 39 heavy (non-hydrogen) atoms. The van der Waals surface area contributed by atoms with E-state index in [1.165, 1.54) is 62.6 Å². The summed E-state index contributed by atoms with van der Waals surface area (Å²) in [4.78, 5) is 8.40. The molecule has 0 radical (unpaired) electrons. The molecule has 0 N–H and O–H groups in total. The summed E-state index contributed by atoms with van der Waals surface area (Å²) < 4.78 is 25.8. The van der Waals surface area contributed by atoms with E-state index in [2.05, 4.69) is 115 Å². The van der Waals surface area contributed by atoms with E-state index < -0.39 is 11.6 Å². The first-order valence-corrected chi connectivity index (χ1v) is 15.3. The predicted octanol–water partition coefficient (Wildman–Crippen LogP) is 8.97. The Labute approximate surface area is 245 Å². The van der Waals surface area contributed by atoms with Crippen molar-refractivity contribution in [2.24, 2.45) is 0 Å². The first-order valence-electron chi connectivity index (χ1n) is 12.3. The Morgan fingerprint density at radius 1 is 0.769 bits per heavy atom. The summed E-state index contributed by atoms with van der Waals surface area (Å²) in [6, 6.07) is 18.5. The molecular formula is C32H31ClF2IrN3. The second kappa shape index (κ2) is 13.8. The topological polar surface area (TPSA) is 19.4 Å². The van der Waals surface area contributed by atoms with E-state index in [1.54, 1.807) is 24.4 Å². The molecule has 4 aromatic rings. The fraction of sp³-hybridized carbons (Fsp3) is 0.188. The fourth-order valence-corrected chi connectivity index (χ4v) is 4.93. The Balaban J connectivity index is 0.000000224. The molecule has 7 heteroatoms. The molecule has 1 aromatic heterocycles. The van der Waals surface area contributed by atoms with Crippen molar-refractivity contribution in [3.05, 3.63) is 131 Å². The third-order valence-corrected chi connectivity index (χ3v) is 6.20. The molecule has 3 nitrogen and oxygen atoms in total. The molecule has 0 aliphatic carbocycles. The Morgan fingerprint density at radius 3 is 1.67 bits per heavy atom. The molecule has 0 atom stereocenters. The Morgan fingerprint density at radius 2 is 1.26 bits per heavy atom. The van der Waals surface area contributed by atoms with Gasteiger partial charge in [0.15, 0.2) is 0 Å². The molecule has 0 bridgehead atoms. The van der Waals surface area contributed by atoms with Crippen LogP contribution in [0.5, 0.6) is 0 Å². The van der Waals surface area contributed by atoms with Crippen molar-refractivity contribution in [2.75, 3.05) is 9.80 Å². The van der Waals surface area contributed by atoms with Crippen molar-refractivity contribution in [1.82, 2.24) is 4.98 Å². The average Bonchev–Trinajstić information content (AvgIpc) is 3.34. The Hall–Kier alpha value is -3.05. The van der Waals surface area contributed by atoms with Crippen LogP contribution in [0.1, 0.15) is 33.4 Å². The van der Waals surface area contributed by atoms with Gasteiger partial charge in [-0.15, -0.1) is 18.8 Å². The molecule has 0 saturated heterocycles. The van der Waals surface area contributed by atoms with Crippen LogP contribution in [-0.4, -0.2) is 4.98 Å². The van der Waals surface area contributed by atoms with Gasteiger partial charge in [0.1, 0.15) is 0 Å². The van der Waals surface area contributed by atoms with Gasteiger partial charge < -0.3 is 14.8 Å². The van der Waals surface area contributed by atoms with Gasteiger partial charge in [-0.3, -0.25) is 8.78 Å². The number of hydrogen-bond donors (Lipinski definition) is 0. The standard InChI is InChI=1S/C21H25N2.C11H6F2N.ClH.Ir/c1-14-9-16(3)20(17(4)10-14)22-7-8-23(13-22)21-18(5)11-15(2)12-19(21)6;12-8-4-5-9(10(13)7-8)11-3-1-2-6-14-11;;/h7-13H,1-6H3;1-4,6-7H;1H;/q2*-1;;+3/p-1. The second-order valence-electron chi connectivity index (χ2n) is 9.48. The zero-order chi connectivity index (χ0) is 28.7. The van der Waals surface area contributed by atoms with Crippen molar-refractivity contribution in [2.45, 2.75) is 41.5 Å². The van der Waals surface area contributed by atoms with Crippen LogP contribution in [0.2, 0.25) is 0 Å². The molecule has 1 aliphatic rings. The molecule has 1 aliphatic heterocycles. The van der Waals surface area contributed by atoms with E-state index in [9.17, 15) is 8.78 Å². The van der Waals surface area contributed by atoms with Crippen LogP contribution < -0.4 is 9.80 Å². The minimum atomic E-state index is -0.649. The molecule has 0 saturated carbocycles. The van der Waals surface area contributed by atoms with Crippen molar-refractivity contribution >= 4 is 21.0 Å². The van der Waals surface area contributed by atoms with Crippen LogP contribution >= 0.6 is 9.58 Å². The van der Waals surface area contributed by atoms with Crippen molar-refractivity contribution in [1.29, 1.82) is 0 Å². The summed E-state index contributed by atoms with van der Waals surface area (Å²) in [5.74, 6) is -1.29. The quantitative estimate of drug-likeness (QED) is 0.197. The average molecular weight is 723 g/mol. The Bertz CT molecular complexity index is 1350. The fourth-order valence-electron chi connectivity index (χ4n) is 4.93. The van der Waals surface area contributed by atoms with Crippen LogP contribution in [0.4, 0.5) is 20.2 Å². The van der Waals surface area contributed by atoms with Crippen LogP contribution in [-0.2, 0) is 17.9 Å². The van der Waals surface area contributed by atoms with Gasteiger partial charge in [0, 0.05) is 29.2 Å². The summed E-state index contributed by atoms with van der Waals surface area (Å²) in [7, 11) is 4.64. The SMILES string of the molecule is Cc1cc(C)c(N2C=CN(c3c(C)cc(C)cc3C)[CH-]2)c(C)c1.Fc1c[c-]c(-c2ccccn2)c(F)c1.[Cl][Ir+2]. The normalized spacial score (nSPS) is 12.1. The van der Waals surface area contributed by atoms with Crippen LogP contribution in [0.15, 0.2) is 73.2 Å². The van der Waals surface area contributed by atoms with E-state index in [4.69, 9.17) is 0 Å². The van der Waals surface area contributed by atoms with Gasteiger partial charge in [0.05, 0.1) is 0 Å². The van der Waals surface area contributed by atoms with Crippen molar-refractivity contribution < 1.29 is 26.7 Å². The maximum absolute atomic E-state index is 13.2. The monoisotopic (exact) mass is 723 g/mol. The number of halogens is 3. The van der Waals surface area contributed by atoms with Gasteiger partial charge in [0.2, 0.25) is 0 Å². The van der Waals surface area contributed by atoms with Crippen molar-refractivity contribution in [3.8, 4) is 11.3 Å². The molecule has 204 valence electrons. The molecule has 3 aromatic carbocycles. The third kappa shape index (κ3) is 7.54. The minimum absolute atomic E-state index is 0.187. The summed E-state index contributed by atoms with van der Waals surface area (Å²) in [6.07, 6.45) is 5.83. The summed E-state index contributed by atoms with van der Waals surface area (Å²) >= 11 is 1.47. The predicted molar refractivity (Wildman–Crippen MR) is 154 cm³/mol. The molecule has 5 rings (SSSR count). The number of benzene rings is 3. The Kier molecular flexibility index (Phi) is 10.8. The molecule has 0 fully saturated rings. The summed E-state index contributed by atoms with van der Waals surface area (Å²) in [6.45, 7) is 15.2. The number of nitrogens with zero attached hydrogens (tertiary/aromatic N) is 3.